The predicted molar refractivity (Wildman–Crippen MR) is 127 cm³/mol. The van der Waals surface area contributed by atoms with Gasteiger partial charge in [-0.05, 0) is 44.9 Å². The van der Waals surface area contributed by atoms with Gasteiger partial charge < -0.3 is 20.8 Å². The molecule has 3 aromatic rings. The number of hydrogen-bond donors (Lipinski definition) is 3. The summed E-state index contributed by atoms with van der Waals surface area (Å²) in [5, 5.41) is 19.7. The number of ether oxygens (including phenoxy) is 1. The van der Waals surface area contributed by atoms with E-state index in [4.69, 9.17) is 15.1 Å². The molecule has 3 N–H and O–H groups in total. The lowest BCUT2D eigenvalue weighted by Crippen LogP contribution is -2.19. The minimum Gasteiger partial charge on any atom is -0.477 e. The van der Waals surface area contributed by atoms with Gasteiger partial charge in [0.1, 0.15) is 12.0 Å². The van der Waals surface area contributed by atoms with E-state index in [0.717, 1.165) is 29.8 Å². The Balaban J connectivity index is 2.09. The Morgan fingerprint density at radius 3 is 2.75 bits per heavy atom. The molecule has 0 spiro atoms. The van der Waals surface area contributed by atoms with Crippen LogP contribution in [0.15, 0.2) is 30.7 Å². The predicted octanol–water partition coefficient (Wildman–Crippen LogP) is 4.27. The second kappa shape index (κ2) is 10.7. The first kappa shape index (κ1) is 23.2. The molecule has 0 amide bonds. The summed E-state index contributed by atoms with van der Waals surface area (Å²) < 4.78 is 7.54. The van der Waals surface area contributed by atoms with Crippen LogP contribution < -0.4 is 15.4 Å². The minimum absolute atomic E-state index is 0.219. The lowest BCUT2D eigenvalue weighted by Gasteiger charge is -2.21. The number of anilines is 2. The Hall–Kier alpha value is -3.49. The molecule has 0 aliphatic rings. The zero-order chi connectivity index (χ0) is 23.1. The van der Waals surface area contributed by atoms with E-state index in [1.807, 2.05) is 25.2 Å². The molecule has 1 atom stereocenters. The molecule has 3 aromatic heterocycles. The standard InChI is InChI=1S/C23H32N8O/c1-6-11-32-23-17(9-8-10-25-23)18-12-19(26-13-20-27-14-31(5)30-20)22(28-15(3)7-2)21(29-18)16(4)24/h8-10,12,14-15,24,28H,6-7,11,13H2,1-5H3,(H,26,29). The van der Waals surface area contributed by atoms with Gasteiger partial charge in [0.2, 0.25) is 5.88 Å². The van der Waals surface area contributed by atoms with Crippen molar-refractivity contribution in [2.24, 2.45) is 7.05 Å². The van der Waals surface area contributed by atoms with Crippen LogP contribution in [-0.4, -0.2) is 43.1 Å². The van der Waals surface area contributed by atoms with Gasteiger partial charge in [0.15, 0.2) is 5.82 Å². The van der Waals surface area contributed by atoms with Gasteiger partial charge in [0, 0.05) is 19.3 Å². The van der Waals surface area contributed by atoms with Crippen LogP contribution in [0.4, 0.5) is 11.4 Å². The Morgan fingerprint density at radius 2 is 2.09 bits per heavy atom. The summed E-state index contributed by atoms with van der Waals surface area (Å²) in [7, 11) is 1.84. The van der Waals surface area contributed by atoms with Crippen molar-refractivity contribution in [2.45, 2.75) is 53.1 Å². The molecule has 0 saturated carbocycles. The van der Waals surface area contributed by atoms with E-state index in [0.29, 0.717) is 42.0 Å². The largest absolute Gasteiger partial charge is 0.477 e. The number of rotatable bonds is 11. The molecule has 0 bridgehead atoms. The van der Waals surface area contributed by atoms with Crippen molar-refractivity contribution in [3.8, 4) is 17.1 Å². The van der Waals surface area contributed by atoms with Crippen LogP contribution in [0.3, 0.4) is 0 Å². The number of hydrogen-bond acceptors (Lipinski definition) is 8. The highest BCUT2D eigenvalue weighted by molar-refractivity contribution is 6.03. The van der Waals surface area contributed by atoms with E-state index < -0.39 is 0 Å². The fourth-order valence-corrected chi connectivity index (χ4v) is 3.13. The number of aryl methyl sites for hydroxylation is 1. The molecule has 0 aliphatic carbocycles. The fourth-order valence-electron chi connectivity index (χ4n) is 3.13. The third-order valence-corrected chi connectivity index (χ3v) is 4.95. The van der Waals surface area contributed by atoms with E-state index in [1.54, 1.807) is 24.1 Å². The molecule has 0 radical (unpaired) electrons. The first-order chi connectivity index (χ1) is 15.4. The van der Waals surface area contributed by atoms with Crippen LogP contribution in [0.1, 0.15) is 52.1 Å². The molecule has 3 rings (SSSR count). The molecule has 0 saturated heterocycles. The molecule has 9 heteroatoms. The third-order valence-electron chi connectivity index (χ3n) is 4.95. The van der Waals surface area contributed by atoms with E-state index in [1.165, 1.54) is 0 Å². The number of nitrogens with one attached hydrogen (secondary N) is 3. The highest BCUT2D eigenvalue weighted by Crippen LogP contribution is 2.34. The van der Waals surface area contributed by atoms with Gasteiger partial charge >= 0.3 is 0 Å². The first-order valence-electron chi connectivity index (χ1n) is 11.0. The summed E-state index contributed by atoms with van der Waals surface area (Å²) in [6.07, 6.45) is 5.21. The van der Waals surface area contributed by atoms with Crippen molar-refractivity contribution >= 4 is 17.1 Å². The van der Waals surface area contributed by atoms with Crippen LogP contribution in [0.25, 0.3) is 11.3 Å². The Kier molecular flexibility index (Phi) is 7.75. The SMILES string of the molecule is CCCOc1ncccc1-c1cc(NCc2ncn(C)n2)c(NC(C)CC)c(C(C)=N)n1. The van der Waals surface area contributed by atoms with E-state index in [2.05, 4.69) is 46.5 Å². The summed E-state index contributed by atoms with van der Waals surface area (Å²) >= 11 is 0. The topological polar surface area (TPSA) is 114 Å². The van der Waals surface area contributed by atoms with Gasteiger partial charge in [-0.25, -0.2) is 15.0 Å². The molecular formula is C23H32N8O. The van der Waals surface area contributed by atoms with Crippen LogP contribution >= 0.6 is 0 Å². The molecule has 0 aliphatic heterocycles. The maximum Gasteiger partial charge on any atom is 0.222 e. The van der Waals surface area contributed by atoms with E-state index in [9.17, 15) is 0 Å². The molecule has 32 heavy (non-hydrogen) atoms. The molecule has 1 unspecified atom stereocenters. The monoisotopic (exact) mass is 436 g/mol. The number of nitrogens with zero attached hydrogens (tertiary/aromatic N) is 5. The summed E-state index contributed by atoms with van der Waals surface area (Å²) in [6, 6.07) is 5.99. The molecule has 0 aromatic carbocycles. The molecule has 3 heterocycles. The second-order valence-corrected chi connectivity index (χ2v) is 7.75. The van der Waals surface area contributed by atoms with Crippen LogP contribution in [0.2, 0.25) is 0 Å². The average molecular weight is 437 g/mol. The summed E-state index contributed by atoms with van der Waals surface area (Å²) in [5.41, 5.74) is 4.07. The highest BCUT2D eigenvalue weighted by atomic mass is 16.5. The van der Waals surface area contributed by atoms with Crippen molar-refractivity contribution in [2.75, 3.05) is 17.2 Å². The zero-order valence-electron chi connectivity index (χ0n) is 19.4. The third kappa shape index (κ3) is 5.60. The normalized spacial score (nSPS) is 11.8. The molecular weight excluding hydrogens is 404 g/mol. The minimum atomic E-state index is 0.219. The lowest BCUT2D eigenvalue weighted by atomic mass is 10.1. The Labute approximate surface area is 189 Å². The van der Waals surface area contributed by atoms with Gasteiger partial charge in [-0.15, -0.1) is 0 Å². The lowest BCUT2D eigenvalue weighted by molar-refractivity contribution is 0.306. The summed E-state index contributed by atoms with van der Waals surface area (Å²) in [4.78, 5) is 13.5. The van der Waals surface area contributed by atoms with Crippen LogP contribution in [0.5, 0.6) is 5.88 Å². The van der Waals surface area contributed by atoms with Crippen molar-refractivity contribution in [1.82, 2.24) is 24.7 Å². The Morgan fingerprint density at radius 1 is 1.28 bits per heavy atom. The van der Waals surface area contributed by atoms with Gasteiger partial charge in [-0.3, -0.25) is 4.68 Å². The molecule has 0 fully saturated rings. The zero-order valence-corrected chi connectivity index (χ0v) is 19.4. The Bertz CT molecular complexity index is 1060. The van der Waals surface area contributed by atoms with Crippen molar-refractivity contribution < 1.29 is 4.74 Å². The molecule has 170 valence electrons. The maximum absolute atomic E-state index is 8.39. The van der Waals surface area contributed by atoms with Gasteiger partial charge in [-0.2, -0.15) is 5.10 Å². The fraction of sp³-hybridized carbons (Fsp3) is 0.435. The second-order valence-electron chi connectivity index (χ2n) is 7.75. The van der Waals surface area contributed by atoms with Crippen molar-refractivity contribution in [1.29, 1.82) is 5.41 Å². The summed E-state index contributed by atoms with van der Waals surface area (Å²) in [6.45, 7) is 9.05. The average Bonchev–Trinajstić information content (AvgIpc) is 3.21. The van der Waals surface area contributed by atoms with Crippen molar-refractivity contribution in [3.63, 3.8) is 0 Å². The van der Waals surface area contributed by atoms with Gasteiger partial charge in [0.25, 0.3) is 0 Å². The van der Waals surface area contributed by atoms with Crippen LogP contribution in [-0.2, 0) is 13.6 Å². The first-order valence-corrected chi connectivity index (χ1v) is 11.0. The molecule has 9 nitrogen and oxygen atoms in total. The number of pyridine rings is 2. The maximum atomic E-state index is 8.39. The van der Waals surface area contributed by atoms with E-state index in [-0.39, 0.29) is 6.04 Å². The van der Waals surface area contributed by atoms with Gasteiger partial charge in [0.05, 0.1) is 41.5 Å². The van der Waals surface area contributed by atoms with Gasteiger partial charge in [-0.1, -0.05) is 13.8 Å². The number of aromatic nitrogens is 5. The quantitative estimate of drug-likeness (QED) is 0.385. The van der Waals surface area contributed by atoms with Crippen LogP contribution in [0, 0.1) is 5.41 Å². The highest BCUT2D eigenvalue weighted by Gasteiger charge is 2.19. The smallest absolute Gasteiger partial charge is 0.222 e. The van der Waals surface area contributed by atoms with Crippen molar-refractivity contribution in [3.05, 3.63) is 42.2 Å². The summed E-state index contributed by atoms with van der Waals surface area (Å²) in [5.74, 6) is 1.22. The van der Waals surface area contributed by atoms with E-state index >= 15 is 0 Å².